The summed E-state index contributed by atoms with van der Waals surface area (Å²) in [6, 6.07) is 7.69. The highest BCUT2D eigenvalue weighted by atomic mass is 32.1. The highest BCUT2D eigenvalue weighted by Gasteiger charge is 2.25. The van der Waals surface area contributed by atoms with Crippen LogP contribution in [-0.2, 0) is 17.6 Å². The fraction of sp³-hybridized carbons (Fsp3) is 0.294. The molecule has 1 aromatic carbocycles. The summed E-state index contributed by atoms with van der Waals surface area (Å²) in [5, 5.41) is 6.33. The standard InChI is InChI=1S/C17H18N2O2S/c1-11-6-2-4-8-13(11)19-16(21)15-12-7-3-5-9-14(12)22-17(15)18-10-20/h2,4,6,8,10H,3,5,7,9H2,1H3,(H,18,20)(H,19,21). The predicted molar refractivity (Wildman–Crippen MR) is 89.8 cm³/mol. The van der Waals surface area contributed by atoms with Gasteiger partial charge in [0.05, 0.1) is 5.56 Å². The van der Waals surface area contributed by atoms with Crippen molar-refractivity contribution in [2.45, 2.75) is 32.6 Å². The maximum absolute atomic E-state index is 12.7. The Bertz CT molecular complexity index is 721. The van der Waals surface area contributed by atoms with E-state index in [4.69, 9.17) is 0 Å². The van der Waals surface area contributed by atoms with Crippen molar-refractivity contribution in [2.24, 2.45) is 0 Å². The monoisotopic (exact) mass is 314 g/mol. The van der Waals surface area contributed by atoms with Crippen molar-refractivity contribution in [2.75, 3.05) is 10.6 Å². The van der Waals surface area contributed by atoms with Crippen molar-refractivity contribution in [1.82, 2.24) is 0 Å². The second kappa shape index (κ2) is 6.32. The van der Waals surface area contributed by atoms with Crippen LogP contribution in [0.2, 0.25) is 0 Å². The summed E-state index contributed by atoms with van der Waals surface area (Å²) in [6.45, 7) is 1.96. The second-order valence-electron chi connectivity index (χ2n) is 5.45. The van der Waals surface area contributed by atoms with E-state index in [2.05, 4.69) is 10.6 Å². The van der Waals surface area contributed by atoms with E-state index >= 15 is 0 Å². The van der Waals surface area contributed by atoms with Gasteiger partial charge in [-0.15, -0.1) is 11.3 Å². The number of hydrogen-bond donors (Lipinski definition) is 2. The zero-order valence-corrected chi connectivity index (χ0v) is 13.3. The number of fused-ring (bicyclic) bond motifs is 1. The first-order chi connectivity index (χ1) is 10.7. The van der Waals surface area contributed by atoms with Crippen LogP contribution in [0.4, 0.5) is 10.7 Å². The zero-order chi connectivity index (χ0) is 15.5. The summed E-state index contributed by atoms with van der Waals surface area (Å²) in [5.41, 5.74) is 3.56. The molecule has 0 unspecified atom stereocenters. The van der Waals surface area contributed by atoms with Gasteiger partial charge in [-0.1, -0.05) is 18.2 Å². The van der Waals surface area contributed by atoms with Gasteiger partial charge >= 0.3 is 0 Å². The van der Waals surface area contributed by atoms with Crippen molar-refractivity contribution in [3.05, 3.63) is 45.8 Å². The first-order valence-electron chi connectivity index (χ1n) is 7.42. The summed E-state index contributed by atoms with van der Waals surface area (Å²) in [5.74, 6) is -0.141. The van der Waals surface area contributed by atoms with E-state index in [-0.39, 0.29) is 5.91 Å². The first kappa shape index (κ1) is 14.8. The second-order valence-corrected chi connectivity index (χ2v) is 6.55. The topological polar surface area (TPSA) is 58.2 Å². The number of rotatable bonds is 4. The summed E-state index contributed by atoms with van der Waals surface area (Å²) < 4.78 is 0. The number of hydrogen-bond acceptors (Lipinski definition) is 3. The summed E-state index contributed by atoms with van der Waals surface area (Å²) in [6.07, 6.45) is 4.78. The number of anilines is 2. The number of thiophene rings is 1. The zero-order valence-electron chi connectivity index (χ0n) is 12.4. The van der Waals surface area contributed by atoms with E-state index in [0.717, 1.165) is 42.5 Å². The maximum Gasteiger partial charge on any atom is 0.258 e. The molecule has 0 saturated heterocycles. The minimum atomic E-state index is -0.141. The molecule has 0 fully saturated rings. The predicted octanol–water partition coefficient (Wildman–Crippen LogP) is 3.76. The molecule has 2 aromatic rings. The minimum absolute atomic E-state index is 0.141. The molecule has 1 aromatic heterocycles. The van der Waals surface area contributed by atoms with Crippen LogP contribution >= 0.6 is 11.3 Å². The quantitative estimate of drug-likeness (QED) is 0.844. The van der Waals surface area contributed by atoms with E-state index in [1.165, 1.54) is 16.2 Å². The smallest absolute Gasteiger partial charge is 0.258 e. The third-order valence-electron chi connectivity index (χ3n) is 3.98. The summed E-state index contributed by atoms with van der Waals surface area (Å²) in [7, 11) is 0. The number of carbonyl (C=O) groups is 2. The molecule has 5 heteroatoms. The Morgan fingerprint density at radius 2 is 2.00 bits per heavy atom. The molecule has 22 heavy (non-hydrogen) atoms. The number of benzene rings is 1. The van der Waals surface area contributed by atoms with Crippen molar-refractivity contribution in [3.63, 3.8) is 0 Å². The molecule has 2 N–H and O–H groups in total. The molecule has 1 aliphatic rings. The van der Waals surface area contributed by atoms with Crippen LogP contribution in [0.5, 0.6) is 0 Å². The van der Waals surface area contributed by atoms with Crippen molar-refractivity contribution < 1.29 is 9.59 Å². The molecule has 4 nitrogen and oxygen atoms in total. The lowest BCUT2D eigenvalue weighted by Gasteiger charge is -2.13. The molecule has 0 saturated carbocycles. The number of carbonyl (C=O) groups excluding carboxylic acids is 2. The third kappa shape index (κ3) is 2.76. The highest BCUT2D eigenvalue weighted by Crippen LogP contribution is 2.38. The van der Waals surface area contributed by atoms with Crippen LogP contribution in [0.25, 0.3) is 0 Å². The molecule has 0 bridgehead atoms. The molecular formula is C17H18N2O2S. The average molecular weight is 314 g/mol. The lowest BCUT2D eigenvalue weighted by molar-refractivity contribution is -0.105. The normalized spacial score (nSPS) is 13.3. The number of nitrogens with one attached hydrogen (secondary N) is 2. The van der Waals surface area contributed by atoms with Crippen LogP contribution < -0.4 is 10.6 Å². The van der Waals surface area contributed by atoms with Gasteiger partial charge in [-0.3, -0.25) is 9.59 Å². The fourth-order valence-corrected chi connectivity index (χ4v) is 4.10. The lowest BCUT2D eigenvalue weighted by Crippen LogP contribution is -2.16. The van der Waals surface area contributed by atoms with Gasteiger partial charge in [0.15, 0.2) is 0 Å². The van der Waals surface area contributed by atoms with Gasteiger partial charge in [0.25, 0.3) is 5.91 Å². The minimum Gasteiger partial charge on any atom is -0.322 e. The van der Waals surface area contributed by atoms with E-state index in [1.807, 2.05) is 31.2 Å². The lowest BCUT2D eigenvalue weighted by atomic mass is 9.95. The Morgan fingerprint density at radius 3 is 2.77 bits per heavy atom. The number of amides is 2. The van der Waals surface area contributed by atoms with Gasteiger partial charge in [-0.2, -0.15) is 0 Å². The van der Waals surface area contributed by atoms with Crippen LogP contribution in [-0.4, -0.2) is 12.3 Å². The van der Waals surface area contributed by atoms with Crippen LogP contribution in [0, 0.1) is 6.92 Å². The van der Waals surface area contributed by atoms with Crippen LogP contribution in [0.15, 0.2) is 24.3 Å². The van der Waals surface area contributed by atoms with Crippen molar-refractivity contribution in [1.29, 1.82) is 0 Å². The fourth-order valence-electron chi connectivity index (χ4n) is 2.86. The molecular weight excluding hydrogens is 296 g/mol. The van der Waals surface area contributed by atoms with E-state index < -0.39 is 0 Å². The van der Waals surface area contributed by atoms with Gasteiger partial charge in [0, 0.05) is 10.6 Å². The molecule has 2 amide bonds. The number of para-hydroxylation sites is 1. The summed E-state index contributed by atoms with van der Waals surface area (Å²) >= 11 is 1.53. The van der Waals surface area contributed by atoms with E-state index in [1.54, 1.807) is 0 Å². The third-order valence-corrected chi connectivity index (χ3v) is 5.20. The Labute approximate surface area is 133 Å². The average Bonchev–Trinajstić information content (AvgIpc) is 2.88. The van der Waals surface area contributed by atoms with Crippen LogP contribution in [0.3, 0.4) is 0 Å². The van der Waals surface area contributed by atoms with Gasteiger partial charge in [0.2, 0.25) is 6.41 Å². The first-order valence-corrected chi connectivity index (χ1v) is 8.24. The Kier molecular flexibility index (Phi) is 4.24. The van der Waals surface area contributed by atoms with E-state index in [9.17, 15) is 9.59 Å². The van der Waals surface area contributed by atoms with Gasteiger partial charge in [0.1, 0.15) is 5.00 Å². The molecule has 0 aliphatic heterocycles. The van der Waals surface area contributed by atoms with Gasteiger partial charge < -0.3 is 10.6 Å². The molecule has 0 spiro atoms. The molecule has 114 valence electrons. The summed E-state index contributed by atoms with van der Waals surface area (Å²) in [4.78, 5) is 24.8. The Hall–Kier alpha value is -2.14. The Balaban J connectivity index is 1.96. The highest BCUT2D eigenvalue weighted by molar-refractivity contribution is 7.17. The molecule has 1 aliphatic carbocycles. The van der Waals surface area contributed by atoms with Gasteiger partial charge in [-0.05, 0) is 49.8 Å². The SMILES string of the molecule is Cc1ccccc1NC(=O)c1c(NC=O)sc2c1CCCC2. The molecule has 0 atom stereocenters. The molecule has 1 heterocycles. The van der Waals surface area contributed by atoms with Gasteiger partial charge in [-0.25, -0.2) is 0 Å². The largest absolute Gasteiger partial charge is 0.322 e. The van der Waals surface area contributed by atoms with Crippen LogP contribution in [0.1, 0.15) is 39.2 Å². The molecule has 3 rings (SSSR count). The van der Waals surface area contributed by atoms with Crippen molar-refractivity contribution >= 4 is 34.3 Å². The van der Waals surface area contributed by atoms with E-state index in [0.29, 0.717) is 17.0 Å². The Morgan fingerprint density at radius 1 is 1.23 bits per heavy atom. The van der Waals surface area contributed by atoms with Crippen molar-refractivity contribution in [3.8, 4) is 0 Å². The number of aryl methyl sites for hydroxylation is 2. The molecule has 0 radical (unpaired) electrons. The maximum atomic E-state index is 12.7.